The van der Waals surface area contributed by atoms with Crippen molar-refractivity contribution in [3.63, 3.8) is 0 Å². The molecule has 0 aliphatic heterocycles. The molecule has 0 aliphatic rings. The molecular formula is C6H4F3NO2S2. The van der Waals surface area contributed by atoms with Crippen molar-refractivity contribution in [1.29, 1.82) is 0 Å². The summed E-state index contributed by atoms with van der Waals surface area (Å²) >= 11 is 1.56. The van der Waals surface area contributed by atoms with Crippen LogP contribution in [0.25, 0.3) is 0 Å². The minimum absolute atomic E-state index is 0.111. The number of halogens is 3. The van der Waals surface area contributed by atoms with Crippen LogP contribution in [0.3, 0.4) is 0 Å². The van der Waals surface area contributed by atoms with Crippen molar-refractivity contribution in [1.82, 2.24) is 4.98 Å². The highest BCUT2D eigenvalue weighted by atomic mass is 32.2. The second-order valence-corrected chi connectivity index (χ2v) is 4.26. The number of nitrogens with zero attached hydrogens (tertiary/aromatic N) is 1. The molecule has 0 spiro atoms. The van der Waals surface area contributed by atoms with Crippen molar-refractivity contribution in [2.75, 3.05) is 5.75 Å². The van der Waals surface area contributed by atoms with Gasteiger partial charge >= 0.3 is 12.1 Å². The van der Waals surface area contributed by atoms with Crippen LogP contribution in [0.4, 0.5) is 13.2 Å². The van der Waals surface area contributed by atoms with E-state index in [0.29, 0.717) is 0 Å². The molecule has 0 saturated heterocycles. The van der Waals surface area contributed by atoms with Crippen LogP contribution in [0.15, 0.2) is 9.72 Å². The lowest BCUT2D eigenvalue weighted by Gasteiger charge is -1.99. The molecule has 0 unspecified atom stereocenters. The molecule has 14 heavy (non-hydrogen) atoms. The maximum absolute atomic E-state index is 12.0. The van der Waals surface area contributed by atoms with E-state index in [1.54, 1.807) is 0 Å². The van der Waals surface area contributed by atoms with Gasteiger partial charge in [0.2, 0.25) is 0 Å². The van der Waals surface area contributed by atoms with E-state index in [1.807, 2.05) is 0 Å². The molecule has 8 heteroatoms. The van der Waals surface area contributed by atoms with Gasteiger partial charge in [-0.1, -0.05) is 11.8 Å². The van der Waals surface area contributed by atoms with Gasteiger partial charge in [-0.3, -0.25) is 4.79 Å². The summed E-state index contributed by atoms with van der Waals surface area (Å²) in [7, 11) is 0. The first kappa shape index (κ1) is 11.3. The fraction of sp³-hybridized carbons (Fsp3) is 0.333. The second kappa shape index (κ2) is 4.18. The number of alkyl halides is 3. The Hall–Kier alpha value is -0.760. The number of hydrogen-bond donors (Lipinski definition) is 1. The fourth-order valence-electron chi connectivity index (χ4n) is 0.577. The Balaban J connectivity index is 2.64. The minimum Gasteiger partial charge on any atom is -0.481 e. The Kier molecular flexibility index (Phi) is 3.38. The average Bonchev–Trinajstić information content (AvgIpc) is 2.47. The molecule has 78 valence electrons. The lowest BCUT2D eigenvalue weighted by molar-refractivity contribution is -0.141. The lowest BCUT2D eigenvalue weighted by Crippen LogP contribution is -2.05. The summed E-state index contributed by atoms with van der Waals surface area (Å²) < 4.78 is 36.2. The highest BCUT2D eigenvalue weighted by molar-refractivity contribution is 8.01. The largest absolute Gasteiger partial charge is 0.481 e. The van der Waals surface area contributed by atoms with Gasteiger partial charge in [0.15, 0.2) is 10.0 Å². The Morgan fingerprint density at radius 3 is 2.71 bits per heavy atom. The van der Waals surface area contributed by atoms with Crippen LogP contribution in [0.1, 0.15) is 5.69 Å². The topological polar surface area (TPSA) is 50.2 Å². The zero-order chi connectivity index (χ0) is 10.8. The Labute approximate surface area is 85.0 Å². The van der Waals surface area contributed by atoms with E-state index >= 15 is 0 Å². The summed E-state index contributed by atoms with van der Waals surface area (Å²) in [6.45, 7) is 0. The highest BCUT2D eigenvalue weighted by Gasteiger charge is 2.33. The van der Waals surface area contributed by atoms with Crippen LogP contribution in [-0.4, -0.2) is 21.8 Å². The maximum Gasteiger partial charge on any atom is 0.434 e. The zero-order valence-electron chi connectivity index (χ0n) is 6.54. The molecule has 0 saturated carbocycles. The Bertz CT molecular complexity index is 336. The summed E-state index contributed by atoms with van der Waals surface area (Å²) in [6, 6.07) is 0. The number of aromatic nitrogens is 1. The van der Waals surface area contributed by atoms with Gasteiger partial charge in [-0.15, -0.1) is 11.3 Å². The third-order valence-corrected chi connectivity index (χ3v) is 3.10. The van der Waals surface area contributed by atoms with E-state index < -0.39 is 17.8 Å². The van der Waals surface area contributed by atoms with Gasteiger partial charge < -0.3 is 5.11 Å². The second-order valence-electron chi connectivity index (χ2n) is 2.18. The molecule has 0 bridgehead atoms. The SMILES string of the molecule is O=C(O)CSc1nc(C(F)(F)F)cs1. The van der Waals surface area contributed by atoms with Gasteiger partial charge in [0.25, 0.3) is 0 Å². The number of carboxylic acid groups (broad SMARTS) is 1. The van der Waals surface area contributed by atoms with Crippen LogP contribution >= 0.6 is 23.1 Å². The molecular weight excluding hydrogens is 239 g/mol. The van der Waals surface area contributed by atoms with E-state index in [4.69, 9.17) is 5.11 Å². The summed E-state index contributed by atoms with van der Waals surface area (Å²) in [5.41, 5.74) is -0.976. The van der Waals surface area contributed by atoms with E-state index in [0.717, 1.165) is 28.5 Å². The number of carboxylic acids is 1. The third kappa shape index (κ3) is 3.18. The van der Waals surface area contributed by atoms with Gasteiger partial charge in [0.1, 0.15) is 0 Å². The lowest BCUT2D eigenvalue weighted by atomic mass is 10.5. The quantitative estimate of drug-likeness (QED) is 0.828. The van der Waals surface area contributed by atoms with Gasteiger partial charge in [-0.05, 0) is 0 Å². The monoisotopic (exact) mass is 243 g/mol. The molecule has 0 radical (unpaired) electrons. The van der Waals surface area contributed by atoms with Crippen molar-refractivity contribution in [3.8, 4) is 0 Å². The summed E-state index contributed by atoms with van der Waals surface area (Å²) in [5, 5.41) is 9.14. The molecule has 1 rings (SSSR count). The first-order valence-electron chi connectivity index (χ1n) is 3.27. The zero-order valence-corrected chi connectivity index (χ0v) is 8.17. The minimum atomic E-state index is -4.46. The number of rotatable bonds is 3. The fourth-order valence-corrected chi connectivity index (χ4v) is 2.13. The van der Waals surface area contributed by atoms with E-state index in [9.17, 15) is 18.0 Å². The molecule has 0 aliphatic carbocycles. The maximum atomic E-state index is 12.0. The van der Waals surface area contributed by atoms with Gasteiger partial charge in [-0.2, -0.15) is 13.2 Å². The first-order valence-corrected chi connectivity index (χ1v) is 5.13. The van der Waals surface area contributed by atoms with Crippen LogP contribution in [-0.2, 0) is 11.0 Å². The standard InChI is InChI=1S/C6H4F3NO2S2/c7-6(8,9)3-1-13-5(10-3)14-2-4(11)12/h1H,2H2,(H,11,12). The highest BCUT2D eigenvalue weighted by Crippen LogP contribution is 2.32. The van der Waals surface area contributed by atoms with Crippen LogP contribution in [0, 0.1) is 0 Å². The summed E-state index contributed by atoms with van der Waals surface area (Å²) in [6.07, 6.45) is -4.46. The Morgan fingerprint density at radius 1 is 1.64 bits per heavy atom. The van der Waals surface area contributed by atoms with E-state index in [2.05, 4.69) is 4.98 Å². The molecule has 0 fully saturated rings. The molecule has 1 N–H and O–H groups in total. The molecule has 3 nitrogen and oxygen atoms in total. The molecule has 1 heterocycles. The molecule has 0 amide bonds. The number of aliphatic carboxylic acids is 1. The van der Waals surface area contributed by atoms with Gasteiger partial charge in [0, 0.05) is 5.38 Å². The number of thioether (sulfide) groups is 1. The Morgan fingerprint density at radius 2 is 2.29 bits per heavy atom. The van der Waals surface area contributed by atoms with Gasteiger partial charge in [0.05, 0.1) is 5.75 Å². The molecule has 0 aromatic carbocycles. The molecule has 0 atom stereocenters. The molecule has 1 aromatic heterocycles. The predicted molar refractivity (Wildman–Crippen MR) is 45.5 cm³/mol. The molecule has 1 aromatic rings. The third-order valence-electron chi connectivity index (χ3n) is 1.09. The normalized spacial score (nSPS) is 11.6. The van der Waals surface area contributed by atoms with Crippen molar-refractivity contribution in [2.24, 2.45) is 0 Å². The van der Waals surface area contributed by atoms with Crippen LogP contribution in [0.5, 0.6) is 0 Å². The van der Waals surface area contributed by atoms with Crippen LogP contribution < -0.4 is 0 Å². The van der Waals surface area contributed by atoms with Crippen molar-refractivity contribution in [2.45, 2.75) is 10.5 Å². The van der Waals surface area contributed by atoms with E-state index in [1.165, 1.54) is 0 Å². The summed E-state index contributed by atoms with van der Waals surface area (Å²) in [5.74, 6) is -1.37. The van der Waals surface area contributed by atoms with Crippen LogP contribution in [0.2, 0.25) is 0 Å². The van der Waals surface area contributed by atoms with Crippen molar-refractivity contribution >= 4 is 29.1 Å². The van der Waals surface area contributed by atoms with E-state index in [-0.39, 0.29) is 10.1 Å². The van der Waals surface area contributed by atoms with Crippen molar-refractivity contribution < 1.29 is 23.1 Å². The summed E-state index contributed by atoms with van der Waals surface area (Å²) in [4.78, 5) is 13.4. The number of thiazole rings is 1. The van der Waals surface area contributed by atoms with Gasteiger partial charge in [-0.25, -0.2) is 4.98 Å². The smallest absolute Gasteiger partial charge is 0.434 e. The number of carbonyl (C=O) groups is 1. The average molecular weight is 243 g/mol. The first-order chi connectivity index (χ1) is 6.39. The predicted octanol–water partition coefficient (Wildman–Crippen LogP) is 2.34. The number of hydrogen-bond acceptors (Lipinski definition) is 4. The van der Waals surface area contributed by atoms with Crippen molar-refractivity contribution in [3.05, 3.63) is 11.1 Å².